The number of hydrogen-bond donors (Lipinski definition) is 0. The molecule has 0 unspecified atom stereocenters. The van der Waals surface area contributed by atoms with Crippen LogP contribution in [0.2, 0.25) is 0 Å². The van der Waals surface area contributed by atoms with Gasteiger partial charge in [-0.1, -0.05) is 178 Å². The Bertz CT molecular complexity index is 3240. The van der Waals surface area contributed by atoms with Crippen molar-refractivity contribution in [2.24, 2.45) is 0 Å². The molecule has 7 aromatic carbocycles. The minimum absolute atomic E-state index is 0.194. The van der Waals surface area contributed by atoms with Crippen molar-refractivity contribution in [3.05, 3.63) is 239 Å². The van der Waals surface area contributed by atoms with Crippen molar-refractivity contribution < 1.29 is 4.42 Å². The van der Waals surface area contributed by atoms with Gasteiger partial charge in [-0.15, -0.1) is 0 Å². The lowest BCUT2D eigenvalue weighted by Crippen LogP contribution is -2.26. The van der Waals surface area contributed by atoms with E-state index in [-0.39, 0.29) is 5.41 Å². The predicted molar refractivity (Wildman–Crippen MR) is 268 cm³/mol. The molecule has 1 heterocycles. The number of hydrogen-bond acceptors (Lipinski definition) is 2. The molecular weight excluding hydrogens is 763 g/mol. The van der Waals surface area contributed by atoms with E-state index in [0.29, 0.717) is 0 Å². The average Bonchev–Trinajstić information content (AvgIpc) is 3.81. The summed E-state index contributed by atoms with van der Waals surface area (Å²) in [6.07, 6.45) is 14.8. The third kappa shape index (κ3) is 7.42. The maximum absolute atomic E-state index is 6.50. The zero-order valence-electron chi connectivity index (χ0n) is 36.5. The molecular formula is C61H51NO. The largest absolute Gasteiger partial charge is 0.456 e. The monoisotopic (exact) mass is 813 g/mol. The van der Waals surface area contributed by atoms with Crippen molar-refractivity contribution in [3.63, 3.8) is 0 Å². The molecule has 0 saturated heterocycles. The highest BCUT2D eigenvalue weighted by Crippen LogP contribution is 2.51. The lowest BCUT2D eigenvalue weighted by molar-refractivity contribution is 0.568. The molecule has 63 heavy (non-hydrogen) atoms. The summed E-state index contributed by atoms with van der Waals surface area (Å²) in [5.41, 5.74) is 21.0. The summed E-state index contributed by atoms with van der Waals surface area (Å²) in [6, 6.07) is 59.9. The fourth-order valence-electron chi connectivity index (χ4n) is 9.52. The van der Waals surface area contributed by atoms with Gasteiger partial charge < -0.3 is 9.32 Å². The van der Waals surface area contributed by atoms with E-state index >= 15 is 0 Å². The Morgan fingerprint density at radius 2 is 1.21 bits per heavy atom. The van der Waals surface area contributed by atoms with E-state index in [2.05, 4.69) is 214 Å². The van der Waals surface area contributed by atoms with Gasteiger partial charge in [0.15, 0.2) is 0 Å². The number of allylic oxidation sites excluding steroid dienone is 6. The number of rotatable bonds is 10. The number of benzene rings is 7. The van der Waals surface area contributed by atoms with Crippen LogP contribution in [0.4, 0.5) is 17.1 Å². The third-order valence-electron chi connectivity index (χ3n) is 13.0. The number of anilines is 3. The molecule has 0 atom stereocenters. The molecule has 2 aliphatic carbocycles. The maximum Gasteiger partial charge on any atom is 0.138 e. The van der Waals surface area contributed by atoms with Crippen LogP contribution in [0.1, 0.15) is 62.8 Å². The standard InChI is InChI=1S/C61H51NO/c1-6-14-41(2)42(3)15-12-16-43-23-37-53-54-38-36-51(40-58(54)61(4,5)57(53)39-43)62(49-32-28-47(29-33-49)46-26-24-45(25-27-46)44-17-8-7-9-18-44)50-34-30-48(31-35-50)52-20-13-21-56-55-19-10-11-22-59(55)63-60(52)56/h6-12,14-19,21-40H,2,13,20H2,1,3-5H3/b14-6-,16-12+,42-15-. The Balaban J connectivity index is 1.02. The van der Waals surface area contributed by atoms with Crippen molar-refractivity contribution in [1.82, 2.24) is 0 Å². The lowest BCUT2D eigenvalue weighted by atomic mass is 9.81. The Morgan fingerprint density at radius 3 is 1.89 bits per heavy atom. The normalized spacial score (nSPS) is 14.2. The second-order valence-corrected chi connectivity index (χ2v) is 17.3. The SMILES string of the molecule is C=C(/C=C\C)/C(C)=C\C=C\c1ccc2c(c1)C(C)(C)c1cc(N(c3ccc(C4=c5oc6ccccc6c5=CCC4)cc3)c3ccc(-c4ccc(-c5ccccc5)cc4)cc3)ccc1-2. The summed E-state index contributed by atoms with van der Waals surface area (Å²) in [7, 11) is 0. The number of fused-ring (bicyclic) bond motifs is 6. The molecule has 0 spiro atoms. The first-order valence-corrected chi connectivity index (χ1v) is 22.1. The van der Waals surface area contributed by atoms with Gasteiger partial charge in [0.25, 0.3) is 0 Å². The van der Waals surface area contributed by atoms with E-state index in [9.17, 15) is 0 Å². The minimum Gasteiger partial charge on any atom is -0.456 e. The van der Waals surface area contributed by atoms with Crippen LogP contribution in [0.5, 0.6) is 0 Å². The number of furan rings is 1. The van der Waals surface area contributed by atoms with E-state index in [1.54, 1.807) is 0 Å². The van der Waals surface area contributed by atoms with Crippen molar-refractivity contribution in [3.8, 4) is 33.4 Å². The lowest BCUT2D eigenvalue weighted by Gasteiger charge is -2.28. The van der Waals surface area contributed by atoms with E-state index in [1.807, 2.05) is 25.1 Å². The Hall–Kier alpha value is -7.42. The molecule has 2 heteroatoms. The van der Waals surface area contributed by atoms with Crippen molar-refractivity contribution in [2.75, 3.05) is 4.90 Å². The summed E-state index contributed by atoms with van der Waals surface area (Å²) < 4.78 is 6.50. The summed E-state index contributed by atoms with van der Waals surface area (Å²) >= 11 is 0. The number of nitrogens with zero attached hydrogens (tertiary/aromatic N) is 1. The quantitative estimate of drug-likeness (QED) is 0.128. The fourth-order valence-corrected chi connectivity index (χ4v) is 9.52. The van der Waals surface area contributed by atoms with Crippen LogP contribution in [-0.2, 0) is 5.41 Å². The van der Waals surface area contributed by atoms with Gasteiger partial charge in [-0.05, 0) is 136 Å². The van der Waals surface area contributed by atoms with Gasteiger partial charge >= 0.3 is 0 Å². The second kappa shape index (κ2) is 16.5. The second-order valence-electron chi connectivity index (χ2n) is 17.3. The third-order valence-corrected chi connectivity index (χ3v) is 13.0. The maximum atomic E-state index is 6.50. The zero-order valence-corrected chi connectivity index (χ0v) is 36.5. The molecule has 0 aliphatic heterocycles. The molecule has 2 nitrogen and oxygen atoms in total. The van der Waals surface area contributed by atoms with Gasteiger partial charge in [0.1, 0.15) is 11.0 Å². The first kappa shape index (κ1) is 39.7. The summed E-state index contributed by atoms with van der Waals surface area (Å²) in [6.45, 7) is 13.0. The van der Waals surface area contributed by atoms with Crippen LogP contribution < -0.4 is 15.5 Å². The van der Waals surface area contributed by atoms with Crippen LogP contribution in [-0.4, -0.2) is 0 Å². The molecule has 0 bridgehead atoms. The fraction of sp³-hybridized carbons (Fsp3) is 0.115. The van der Waals surface area contributed by atoms with Crippen LogP contribution in [0.15, 0.2) is 210 Å². The van der Waals surface area contributed by atoms with E-state index in [0.717, 1.165) is 52.0 Å². The van der Waals surface area contributed by atoms with Crippen molar-refractivity contribution in [1.29, 1.82) is 0 Å². The Morgan fingerprint density at radius 1 is 0.635 bits per heavy atom. The van der Waals surface area contributed by atoms with Crippen molar-refractivity contribution >= 4 is 45.8 Å². The van der Waals surface area contributed by atoms with E-state index in [4.69, 9.17) is 4.42 Å². The minimum atomic E-state index is -0.194. The van der Waals surface area contributed by atoms with Gasteiger partial charge in [0.2, 0.25) is 0 Å². The Kier molecular flexibility index (Phi) is 10.4. The number of para-hydroxylation sites is 1. The van der Waals surface area contributed by atoms with Gasteiger partial charge in [-0.3, -0.25) is 0 Å². The molecule has 0 N–H and O–H groups in total. The topological polar surface area (TPSA) is 16.4 Å². The van der Waals surface area contributed by atoms with Crippen LogP contribution in [0.3, 0.4) is 0 Å². The van der Waals surface area contributed by atoms with Gasteiger partial charge in [0.05, 0.1) is 0 Å². The molecule has 2 aliphatic rings. The molecule has 0 radical (unpaired) electrons. The van der Waals surface area contributed by atoms with Crippen LogP contribution in [0, 0.1) is 0 Å². The smallest absolute Gasteiger partial charge is 0.138 e. The molecule has 8 aromatic rings. The van der Waals surface area contributed by atoms with Crippen LogP contribution >= 0.6 is 0 Å². The predicted octanol–water partition coefficient (Wildman–Crippen LogP) is 15.4. The van der Waals surface area contributed by atoms with E-state index < -0.39 is 0 Å². The molecule has 0 amide bonds. The highest BCUT2D eigenvalue weighted by molar-refractivity contribution is 5.87. The van der Waals surface area contributed by atoms with Gasteiger partial charge in [-0.25, -0.2) is 0 Å². The van der Waals surface area contributed by atoms with Gasteiger partial charge in [-0.2, -0.15) is 0 Å². The highest BCUT2D eigenvalue weighted by atomic mass is 16.3. The van der Waals surface area contributed by atoms with Crippen LogP contribution in [0.25, 0.3) is 62.1 Å². The van der Waals surface area contributed by atoms with Gasteiger partial charge in [0, 0.05) is 38.7 Å². The highest BCUT2D eigenvalue weighted by Gasteiger charge is 2.36. The first-order valence-electron chi connectivity index (χ1n) is 22.1. The summed E-state index contributed by atoms with van der Waals surface area (Å²) in [5.74, 6) is 0. The molecule has 306 valence electrons. The molecule has 10 rings (SSSR count). The molecule has 0 fully saturated rings. The van der Waals surface area contributed by atoms with Crippen molar-refractivity contribution in [2.45, 2.75) is 46.0 Å². The zero-order chi connectivity index (χ0) is 43.1. The summed E-state index contributed by atoms with van der Waals surface area (Å²) in [4.78, 5) is 2.40. The average molecular weight is 814 g/mol. The Labute approximate surface area is 371 Å². The molecule has 0 saturated carbocycles. The summed E-state index contributed by atoms with van der Waals surface area (Å²) in [5, 5.41) is 2.41. The molecule has 1 aromatic heterocycles. The first-order chi connectivity index (χ1) is 30.8. The van der Waals surface area contributed by atoms with E-state index in [1.165, 1.54) is 71.8 Å².